The standard InChI is InChI=1S/C35H47F3O/c1-3-5-6-8-27-11-19-31(20-12-27)32-21-22-33(34(36)25-32)35(37,38)39-24-23-28-13-17-30(18-14-28)29-15-9-26(7-4-2)10-16-29/h3,5,13-14,17-18,21-22,25-27,29,31H,4,6-12,15-16,19-20,23-24H2,1-2H3. The van der Waals surface area contributed by atoms with Crippen LogP contribution < -0.4 is 0 Å². The fourth-order valence-corrected chi connectivity index (χ4v) is 6.83. The predicted molar refractivity (Wildman–Crippen MR) is 155 cm³/mol. The molecule has 0 aromatic heterocycles. The smallest absolute Gasteiger partial charge is 0.316 e. The highest BCUT2D eigenvalue weighted by molar-refractivity contribution is 5.29. The number of ether oxygens (including phenoxy) is 1. The Morgan fingerprint density at radius 3 is 2.00 bits per heavy atom. The van der Waals surface area contributed by atoms with Crippen LogP contribution in [0.4, 0.5) is 13.2 Å². The van der Waals surface area contributed by atoms with Crippen molar-refractivity contribution in [2.24, 2.45) is 11.8 Å². The third-order valence-corrected chi connectivity index (χ3v) is 9.27. The summed E-state index contributed by atoms with van der Waals surface area (Å²) in [6.07, 6.45) is 15.2. The van der Waals surface area contributed by atoms with Crippen molar-refractivity contribution in [1.82, 2.24) is 0 Å². The number of allylic oxidation sites excluding steroid dienone is 2. The van der Waals surface area contributed by atoms with Crippen LogP contribution >= 0.6 is 0 Å². The first kappa shape index (κ1) is 29.9. The second-order valence-corrected chi connectivity index (χ2v) is 12.0. The van der Waals surface area contributed by atoms with Crippen molar-refractivity contribution in [2.45, 2.75) is 115 Å². The highest BCUT2D eigenvalue weighted by atomic mass is 19.3. The van der Waals surface area contributed by atoms with Crippen LogP contribution in [0.3, 0.4) is 0 Å². The summed E-state index contributed by atoms with van der Waals surface area (Å²) < 4.78 is 49.4. The lowest BCUT2D eigenvalue weighted by Crippen LogP contribution is -2.22. The van der Waals surface area contributed by atoms with Gasteiger partial charge in [-0.2, -0.15) is 8.78 Å². The minimum Gasteiger partial charge on any atom is -0.316 e. The van der Waals surface area contributed by atoms with Gasteiger partial charge in [-0.05, 0) is 130 Å². The van der Waals surface area contributed by atoms with Crippen LogP contribution in [0.5, 0.6) is 0 Å². The van der Waals surface area contributed by atoms with E-state index in [-0.39, 0.29) is 12.5 Å². The minimum absolute atomic E-state index is 0.160. The number of rotatable bonds is 12. The normalized spacial score (nSPS) is 24.3. The van der Waals surface area contributed by atoms with Crippen LogP contribution in [0.2, 0.25) is 0 Å². The van der Waals surface area contributed by atoms with E-state index < -0.39 is 17.5 Å². The van der Waals surface area contributed by atoms with Gasteiger partial charge < -0.3 is 4.74 Å². The molecule has 2 aliphatic rings. The van der Waals surface area contributed by atoms with Crippen molar-refractivity contribution < 1.29 is 17.9 Å². The predicted octanol–water partition coefficient (Wildman–Crippen LogP) is 10.8. The van der Waals surface area contributed by atoms with Gasteiger partial charge in [0.15, 0.2) is 0 Å². The molecule has 2 aromatic rings. The molecular weight excluding hydrogens is 493 g/mol. The molecule has 0 atom stereocenters. The van der Waals surface area contributed by atoms with Crippen molar-refractivity contribution >= 4 is 0 Å². The average Bonchev–Trinajstić information content (AvgIpc) is 2.94. The van der Waals surface area contributed by atoms with Crippen molar-refractivity contribution in [3.8, 4) is 0 Å². The zero-order valence-corrected chi connectivity index (χ0v) is 23.9. The topological polar surface area (TPSA) is 9.23 Å². The average molecular weight is 541 g/mol. The number of alkyl halides is 2. The van der Waals surface area contributed by atoms with E-state index >= 15 is 0 Å². The fraction of sp³-hybridized carbons (Fsp3) is 0.600. The van der Waals surface area contributed by atoms with E-state index in [2.05, 4.69) is 31.2 Å². The highest BCUT2D eigenvalue weighted by Gasteiger charge is 2.36. The van der Waals surface area contributed by atoms with E-state index in [1.165, 1.54) is 62.6 Å². The molecule has 0 bridgehead atoms. The lowest BCUT2D eigenvalue weighted by molar-refractivity contribution is -0.249. The van der Waals surface area contributed by atoms with Crippen LogP contribution in [-0.2, 0) is 17.3 Å². The summed E-state index contributed by atoms with van der Waals surface area (Å²) in [7, 11) is 0. The Hall–Kier alpha value is -2.07. The first-order valence-electron chi connectivity index (χ1n) is 15.4. The molecule has 39 heavy (non-hydrogen) atoms. The zero-order chi connectivity index (χ0) is 27.7. The molecule has 214 valence electrons. The van der Waals surface area contributed by atoms with Gasteiger partial charge in [-0.3, -0.25) is 0 Å². The number of benzene rings is 2. The first-order valence-corrected chi connectivity index (χ1v) is 15.4. The molecule has 0 N–H and O–H groups in total. The number of hydrogen-bond donors (Lipinski definition) is 0. The van der Waals surface area contributed by atoms with Gasteiger partial charge in [0.05, 0.1) is 12.2 Å². The Morgan fingerprint density at radius 1 is 0.821 bits per heavy atom. The Bertz CT molecular complexity index is 1030. The molecule has 0 heterocycles. The largest absolute Gasteiger partial charge is 0.386 e. The minimum atomic E-state index is -3.65. The van der Waals surface area contributed by atoms with Gasteiger partial charge in [0.2, 0.25) is 0 Å². The number of hydrogen-bond acceptors (Lipinski definition) is 1. The second kappa shape index (κ2) is 14.5. The van der Waals surface area contributed by atoms with Gasteiger partial charge >= 0.3 is 6.11 Å². The maximum Gasteiger partial charge on any atom is 0.386 e. The van der Waals surface area contributed by atoms with E-state index in [9.17, 15) is 13.2 Å². The second-order valence-electron chi connectivity index (χ2n) is 12.0. The lowest BCUT2D eigenvalue weighted by atomic mass is 9.77. The monoisotopic (exact) mass is 540 g/mol. The summed E-state index contributed by atoms with van der Waals surface area (Å²) in [5.41, 5.74) is 2.48. The molecule has 2 aromatic carbocycles. The van der Waals surface area contributed by atoms with Crippen molar-refractivity contribution in [3.05, 3.63) is 82.7 Å². The Labute approximate surface area is 234 Å². The van der Waals surface area contributed by atoms with E-state index in [0.29, 0.717) is 18.3 Å². The van der Waals surface area contributed by atoms with Crippen LogP contribution in [0, 0.1) is 17.7 Å². The molecule has 1 nitrogen and oxygen atoms in total. The Morgan fingerprint density at radius 2 is 1.41 bits per heavy atom. The van der Waals surface area contributed by atoms with Crippen LogP contribution in [0.15, 0.2) is 54.6 Å². The maximum atomic E-state index is 14.9. The third-order valence-electron chi connectivity index (χ3n) is 9.27. The van der Waals surface area contributed by atoms with E-state index in [0.717, 1.165) is 49.1 Å². The molecule has 0 saturated heterocycles. The summed E-state index contributed by atoms with van der Waals surface area (Å²) in [4.78, 5) is 0. The van der Waals surface area contributed by atoms with Crippen LogP contribution in [0.1, 0.15) is 125 Å². The Kier molecular flexibility index (Phi) is 11.1. The summed E-state index contributed by atoms with van der Waals surface area (Å²) >= 11 is 0. The quantitative estimate of drug-likeness (QED) is 0.243. The van der Waals surface area contributed by atoms with Gasteiger partial charge in [-0.25, -0.2) is 4.39 Å². The summed E-state index contributed by atoms with van der Waals surface area (Å²) in [5, 5.41) is 0. The highest BCUT2D eigenvalue weighted by Crippen LogP contribution is 2.40. The Balaban J connectivity index is 1.24. The first-order chi connectivity index (χ1) is 18.9. The molecule has 0 amide bonds. The molecule has 4 heteroatoms. The molecule has 0 spiro atoms. The van der Waals surface area contributed by atoms with E-state index in [1.54, 1.807) is 6.07 Å². The molecule has 0 radical (unpaired) electrons. The van der Waals surface area contributed by atoms with Gasteiger partial charge in [0.1, 0.15) is 5.82 Å². The fourth-order valence-electron chi connectivity index (χ4n) is 6.83. The molecule has 0 unspecified atom stereocenters. The van der Waals surface area contributed by atoms with Gasteiger partial charge in [-0.1, -0.05) is 62.2 Å². The van der Waals surface area contributed by atoms with Crippen molar-refractivity contribution in [1.29, 1.82) is 0 Å². The third kappa shape index (κ3) is 8.46. The summed E-state index contributed by atoms with van der Waals surface area (Å²) in [6.45, 7) is 4.14. The van der Waals surface area contributed by atoms with Gasteiger partial charge in [0, 0.05) is 0 Å². The van der Waals surface area contributed by atoms with E-state index in [1.807, 2.05) is 19.1 Å². The van der Waals surface area contributed by atoms with Gasteiger partial charge in [-0.15, -0.1) is 0 Å². The van der Waals surface area contributed by atoms with Crippen LogP contribution in [0.25, 0.3) is 0 Å². The molecule has 2 fully saturated rings. The molecule has 4 rings (SSSR count). The number of halogens is 3. The molecule has 2 saturated carbocycles. The zero-order valence-electron chi connectivity index (χ0n) is 23.9. The SMILES string of the molecule is CC=CCCC1CCC(c2ccc(C(F)(F)OCCc3ccc(C4CCC(CCC)CC4)cc3)c(F)c2)CC1. The maximum absolute atomic E-state index is 14.9. The summed E-state index contributed by atoms with van der Waals surface area (Å²) in [6, 6.07) is 12.6. The molecule has 2 aliphatic carbocycles. The van der Waals surface area contributed by atoms with Crippen molar-refractivity contribution in [2.75, 3.05) is 6.61 Å². The lowest BCUT2D eigenvalue weighted by Gasteiger charge is -2.29. The van der Waals surface area contributed by atoms with Gasteiger partial charge in [0.25, 0.3) is 0 Å². The van der Waals surface area contributed by atoms with E-state index in [4.69, 9.17) is 4.74 Å². The van der Waals surface area contributed by atoms with Crippen LogP contribution in [-0.4, -0.2) is 6.61 Å². The summed E-state index contributed by atoms with van der Waals surface area (Å²) in [5.74, 6) is 1.57. The molecular formula is C35H47F3O. The van der Waals surface area contributed by atoms with Crippen molar-refractivity contribution in [3.63, 3.8) is 0 Å². The molecule has 0 aliphatic heterocycles.